The van der Waals surface area contributed by atoms with Crippen molar-refractivity contribution in [1.29, 1.82) is 0 Å². The molecule has 0 bridgehead atoms. The van der Waals surface area contributed by atoms with E-state index < -0.39 is 0 Å². The molecule has 2 aliphatic rings. The van der Waals surface area contributed by atoms with Crippen LogP contribution in [-0.4, -0.2) is 54.1 Å². The molecule has 0 saturated carbocycles. The van der Waals surface area contributed by atoms with Crippen LogP contribution in [0, 0.1) is 0 Å². The zero-order valence-corrected chi connectivity index (χ0v) is 9.06. The van der Waals surface area contributed by atoms with Crippen LogP contribution < -0.4 is 11.5 Å². The fraction of sp³-hybridized carbons (Fsp3) is 0.900. The molecule has 2 fully saturated rings. The topological polar surface area (TPSA) is 75.6 Å². The average Bonchev–Trinajstić information content (AvgIpc) is 2.65. The maximum atomic E-state index is 12.0. The summed E-state index contributed by atoms with van der Waals surface area (Å²) in [6.07, 6.45) is 2.77. The molecule has 2 heterocycles. The molecule has 0 unspecified atom stereocenters. The lowest BCUT2D eigenvalue weighted by Crippen LogP contribution is -2.48. The van der Waals surface area contributed by atoms with Crippen molar-refractivity contribution in [3.8, 4) is 0 Å². The van der Waals surface area contributed by atoms with Crippen LogP contribution in [0.3, 0.4) is 0 Å². The Morgan fingerprint density at radius 3 is 2.00 bits per heavy atom. The molecule has 15 heavy (non-hydrogen) atoms. The first-order chi connectivity index (χ1) is 7.16. The van der Waals surface area contributed by atoms with Crippen molar-refractivity contribution in [3.05, 3.63) is 0 Å². The second-order valence-corrected chi connectivity index (χ2v) is 4.60. The summed E-state index contributed by atoms with van der Waals surface area (Å²) >= 11 is 0. The van der Waals surface area contributed by atoms with Gasteiger partial charge < -0.3 is 21.3 Å². The largest absolute Gasteiger partial charge is 0.328 e. The molecule has 0 aliphatic carbocycles. The summed E-state index contributed by atoms with van der Waals surface area (Å²) in [4.78, 5) is 15.8. The lowest BCUT2D eigenvalue weighted by Gasteiger charge is -2.33. The third-order valence-corrected chi connectivity index (χ3v) is 3.31. The number of rotatable bonds is 0. The Hall–Kier alpha value is -0.810. The summed E-state index contributed by atoms with van der Waals surface area (Å²) < 4.78 is 0. The maximum Gasteiger partial charge on any atom is 0.320 e. The molecule has 86 valence electrons. The van der Waals surface area contributed by atoms with E-state index >= 15 is 0 Å². The molecule has 5 heteroatoms. The molecule has 2 amide bonds. The second-order valence-electron chi connectivity index (χ2n) is 4.60. The van der Waals surface area contributed by atoms with Gasteiger partial charge in [0.25, 0.3) is 0 Å². The molecule has 0 radical (unpaired) electrons. The Morgan fingerprint density at radius 2 is 1.47 bits per heavy atom. The lowest BCUT2D eigenvalue weighted by atomic mass is 10.1. The van der Waals surface area contributed by atoms with Gasteiger partial charge in [0, 0.05) is 38.3 Å². The Morgan fingerprint density at radius 1 is 0.933 bits per heavy atom. The van der Waals surface area contributed by atoms with Crippen LogP contribution in [0.15, 0.2) is 0 Å². The number of amides is 2. The van der Waals surface area contributed by atoms with Gasteiger partial charge in [-0.15, -0.1) is 0 Å². The Bertz CT molecular complexity index is 238. The molecule has 4 N–H and O–H groups in total. The minimum Gasteiger partial charge on any atom is -0.328 e. The third-order valence-electron chi connectivity index (χ3n) is 3.31. The number of hydrogen-bond donors (Lipinski definition) is 2. The number of carbonyl (C=O) groups excluding carboxylic acids is 1. The lowest BCUT2D eigenvalue weighted by molar-refractivity contribution is 0.148. The van der Waals surface area contributed by atoms with Crippen LogP contribution in [0.1, 0.15) is 19.3 Å². The van der Waals surface area contributed by atoms with Gasteiger partial charge in [0.15, 0.2) is 0 Å². The summed E-state index contributed by atoms with van der Waals surface area (Å²) in [5.41, 5.74) is 11.6. The summed E-state index contributed by atoms with van der Waals surface area (Å²) in [6, 6.07) is 0.589. The molecule has 2 rings (SSSR count). The maximum absolute atomic E-state index is 12.0. The molecule has 0 aromatic heterocycles. The van der Waals surface area contributed by atoms with E-state index in [1.54, 1.807) is 0 Å². The van der Waals surface area contributed by atoms with Gasteiger partial charge in [-0.3, -0.25) is 0 Å². The number of urea groups is 1. The van der Waals surface area contributed by atoms with Crippen LogP contribution in [-0.2, 0) is 0 Å². The van der Waals surface area contributed by atoms with E-state index in [-0.39, 0.29) is 18.1 Å². The standard InChI is InChI=1S/C10H20N4O/c11-8-1-4-13(5-2-8)10(15)14-6-3-9(12)7-14/h8-9H,1-7,11-12H2/t9-/m1/s1. The first kappa shape index (κ1) is 10.7. The van der Waals surface area contributed by atoms with Crippen LogP contribution in [0.2, 0.25) is 0 Å². The van der Waals surface area contributed by atoms with E-state index in [1.165, 1.54) is 0 Å². The van der Waals surface area contributed by atoms with Crippen LogP contribution in [0.25, 0.3) is 0 Å². The number of piperidine rings is 1. The number of hydrogen-bond acceptors (Lipinski definition) is 3. The van der Waals surface area contributed by atoms with Crippen molar-refractivity contribution in [2.75, 3.05) is 26.2 Å². The van der Waals surface area contributed by atoms with Gasteiger partial charge in [0.1, 0.15) is 0 Å². The van der Waals surface area contributed by atoms with Crippen molar-refractivity contribution in [1.82, 2.24) is 9.80 Å². The molecular weight excluding hydrogens is 192 g/mol. The Balaban J connectivity index is 1.85. The zero-order chi connectivity index (χ0) is 10.8. The van der Waals surface area contributed by atoms with Gasteiger partial charge in [-0.2, -0.15) is 0 Å². The van der Waals surface area contributed by atoms with E-state index in [0.29, 0.717) is 6.54 Å². The van der Waals surface area contributed by atoms with E-state index in [4.69, 9.17) is 11.5 Å². The van der Waals surface area contributed by atoms with Crippen LogP contribution in [0.4, 0.5) is 4.79 Å². The van der Waals surface area contributed by atoms with Crippen molar-refractivity contribution >= 4 is 6.03 Å². The number of carbonyl (C=O) groups is 1. The Kier molecular flexibility index (Phi) is 3.11. The van der Waals surface area contributed by atoms with Gasteiger partial charge in [-0.1, -0.05) is 0 Å². The fourth-order valence-electron chi connectivity index (χ4n) is 2.25. The van der Waals surface area contributed by atoms with Gasteiger partial charge in [-0.05, 0) is 19.3 Å². The molecule has 5 nitrogen and oxygen atoms in total. The average molecular weight is 212 g/mol. The molecule has 2 saturated heterocycles. The molecule has 0 spiro atoms. The SMILES string of the molecule is NC1CCN(C(=O)N2CC[C@@H](N)C2)CC1. The summed E-state index contributed by atoms with van der Waals surface area (Å²) in [5, 5.41) is 0. The highest BCUT2D eigenvalue weighted by molar-refractivity contribution is 5.75. The first-order valence-corrected chi connectivity index (χ1v) is 5.72. The highest BCUT2D eigenvalue weighted by atomic mass is 16.2. The summed E-state index contributed by atoms with van der Waals surface area (Å²) in [6.45, 7) is 3.11. The van der Waals surface area contributed by atoms with Gasteiger partial charge in [0.05, 0.1) is 0 Å². The quantitative estimate of drug-likeness (QED) is 0.571. The predicted molar refractivity (Wildman–Crippen MR) is 58.3 cm³/mol. The number of nitrogens with two attached hydrogens (primary N) is 2. The van der Waals surface area contributed by atoms with Gasteiger partial charge in [0.2, 0.25) is 0 Å². The van der Waals surface area contributed by atoms with Crippen molar-refractivity contribution in [3.63, 3.8) is 0 Å². The fourth-order valence-corrected chi connectivity index (χ4v) is 2.25. The number of nitrogens with zero attached hydrogens (tertiary/aromatic N) is 2. The van der Waals surface area contributed by atoms with Crippen molar-refractivity contribution in [2.45, 2.75) is 31.3 Å². The van der Waals surface area contributed by atoms with Gasteiger partial charge >= 0.3 is 6.03 Å². The Labute approximate surface area is 90.4 Å². The monoisotopic (exact) mass is 212 g/mol. The molecular formula is C10H20N4O. The van der Waals surface area contributed by atoms with E-state index in [0.717, 1.165) is 38.9 Å². The third kappa shape index (κ3) is 2.41. The second kappa shape index (κ2) is 4.37. The van der Waals surface area contributed by atoms with Gasteiger partial charge in [-0.25, -0.2) is 4.79 Å². The van der Waals surface area contributed by atoms with Crippen LogP contribution >= 0.6 is 0 Å². The minimum atomic E-state index is 0.148. The van der Waals surface area contributed by atoms with Crippen LogP contribution in [0.5, 0.6) is 0 Å². The smallest absolute Gasteiger partial charge is 0.320 e. The first-order valence-electron chi connectivity index (χ1n) is 5.72. The molecule has 0 aromatic rings. The summed E-state index contributed by atoms with van der Waals surface area (Å²) in [5.74, 6) is 0. The molecule has 1 atom stereocenters. The van der Waals surface area contributed by atoms with E-state index in [1.807, 2.05) is 9.80 Å². The summed E-state index contributed by atoms with van der Waals surface area (Å²) in [7, 11) is 0. The highest BCUT2D eigenvalue weighted by Gasteiger charge is 2.29. The minimum absolute atomic E-state index is 0.148. The van der Waals surface area contributed by atoms with Crippen molar-refractivity contribution in [2.24, 2.45) is 11.5 Å². The molecule has 0 aromatic carbocycles. The molecule has 2 aliphatic heterocycles. The number of likely N-dealkylation sites (tertiary alicyclic amines) is 2. The zero-order valence-electron chi connectivity index (χ0n) is 9.06. The highest BCUT2D eigenvalue weighted by Crippen LogP contribution is 2.14. The van der Waals surface area contributed by atoms with E-state index in [9.17, 15) is 4.79 Å². The van der Waals surface area contributed by atoms with Crippen molar-refractivity contribution < 1.29 is 4.79 Å². The predicted octanol–water partition coefficient (Wildman–Crippen LogP) is -0.437. The van der Waals surface area contributed by atoms with E-state index in [2.05, 4.69) is 0 Å². The normalized spacial score (nSPS) is 28.5.